The van der Waals surface area contributed by atoms with E-state index in [0.29, 0.717) is 15.8 Å². The normalized spacial score (nSPS) is 19.5. The topological polar surface area (TPSA) is 51.5 Å². The minimum atomic E-state index is -0.450. The Morgan fingerprint density at radius 2 is 1.82 bits per heavy atom. The van der Waals surface area contributed by atoms with Crippen LogP contribution >= 0.6 is 23.6 Å². The quantitative estimate of drug-likeness (QED) is 0.537. The van der Waals surface area contributed by atoms with E-state index >= 15 is 0 Å². The van der Waals surface area contributed by atoms with Gasteiger partial charge in [0.15, 0.2) is 10.6 Å². The third-order valence-electron chi connectivity index (χ3n) is 5.00. The Bertz CT molecular complexity index is 891. The lowest BCUT2D eigenvalue weighted by atomic mass is 9.92. The first kappa shape index (κ1) is 20.7. The number of aromatic nitrogens is 1. The Morgan fingerprint density at radius 1 is 1.18 bits per heavy atom. The van der Waals surface area contributed by atoms with Crippen LogP contribution in [0.5, 0.6) is 0 Å². The molecule has 2 heterocycles. The zero-order valence-electron chi connectivity index (χ0n) is 16.5. The highest BCUT2D eigenvalue weighted by Gasteiger charge is 2.26. The van der Waals surface area contributed by atoms with Crippen molar-refractivity contribution in [3.8, 4) is 11.3 Å². The van der Waals surface area contributed by atoms with E-state index in [4.69, 9.17) is 17.0 Å². The number of amides is 1. The number of benzene rings is 1. The Morgan fingerprint density at radius 3 is 2.46 bits per heavy atom. The lowest BCUT2D eigenvalue weighted by molar-refractivity contribution is -0.153. The molecule has 0 N–H and O–H groups in total. The van der Waals surface area contributed by atoms with E-state index in [2.05, 4.69) is 13.8 Å². The van der Waals surface area contributed by atoms with E-state index in [1.807, 2.05) is 36.6 Å². The summed E-state index contributed by atoms with van der Waals surface area (Å²) in [5.41, 5.74) is 3.05. The molecule has 1 fully saturated rings. The molecule has 1 aromatic heterocycles. The largest absolute Gasteiger partial charge is 0.454 e. The van der Waals surface area contributed by atoms with Crippen LogP contribution < -0.4 is 0 Å². The van der Waals surface area contributed by atoms with Crippen LogP contribution in [0.25, 0.3) is 11.3 Å². The summed E-state index contributed by atoms with van der Waals surface area (Å²) in [5.74, 6) is 0.378. The molecule has 2 aromatic rings. The monoisotopic (exact) mass is 418 g/mol. The maximum absolute atomic E-state index is 12.4. The van der Waals surface area contributed by atoms with Crippen molar-refractivity contribution in [2.75, 3.05) is 19.7 Å². The molecular formula is C21H26N2O3S2. The van der Waals surface area contributed by atoms with E-state index in [0.717, 1.165) is 30.8 Å². The van der Waals surface area contributed by atoms with E-state index in [9.17, 15) is 9.59 Å². The number of rotatable bonds is 5. The summed E-state index contributed by atoms with van der Waals surface area (Å²) < 4.78 is 7.65. The molecule has 0 saturated carbocycles. The van der Waals surface area contributed by atoms with Gasteiger partial charge in [0.05, 0.1) is 5.69 Å². The van der Waals surface area contributed by atoms with Crippen LogP contribution in [0, 0.1) is 22.7 Å². The van der Waals surface area contributed by atoms with Crippen molar-refractivity contribution in [3.05, 3.63) is 39.2 Å². The van der Waals surface area contributed by atoms with E-state index < -0.39 is 5.97 Å². The van der Waals surface area contributed by atoms with Gasteiger partial charge >= 0.3 is 5.97 Å². The van der Waals surface area contributed by atoms with Gasteiger partial charge in [-0.3, -0.25) is 9.59 Å². The summed E-state index contributed by atoms with van der Waals surface area (Å²) in [6.45, 7) is 7.57. The highest BCUT2D eigenvalue weighted by atomic mass is 32.1. The number of aryl methyl sites for hydroxylation is 1. The summed E-state index contributed by atoms with van der Waals surface area (Å²) in [6.07, 6.45) is 1.13. The summed E-state index contributed by atoms with van der Waals surface area (Å²) in [7, 11) is 0. The summed E-state index contributed by atoms with van der Waals surface area (Å²) >= 11 is 6.79. The molecule has 28 heavy (non-hydrogen) atoms. The van der Waals surface area contributed by atoms with Crippen LogP contribution in [0.15, 0.2) is 29.6 Å². The molecule has 1 aromatic carbocycles. The molecule has 0 bridgehead atoms. The lowest BCUT2D eigenvalue weighted by Gasteiger charge is -2.34. The number of thiazole rings is 1. The van der Waals surface area contributed by atoms with Gasteiger partial charge in [-0.05, 0) is 43.0 Å². The predicted octanol–water partition coefficient (Wildman–Crippen LogP) is 4.30. The first-order valence-electron chi connectivity index (χ1n) is 9.52. The van der Waals surface area contributed by atoms with E-state index in [1.54, 1.807) is 9.47 Å². The lowest BCUT2D eigenvalue weighted by Crippen LogP contribution is -2.44. The summed E-state index contributed by atoms with van der Waals surface area (Å²) in [4.78, 5) is 26.6. The van der Waals surface area contributed by atoms with Crippen molar-refractivity contribution in [1.82, 2.24) is 9.47 Å². The fourth-order valence-corrected chi connectivity index (χ4v) is 4.78. The smallest absolute Gasteiger partial charge is 0.326 e. The molecule has 7 heteroatoms. The van der Waals surface area contributed by atoms with Crippen molar-refractivity contribution in [2.24, 2.45) is 11.8 Å². The van der Waals surface area contributed by atoms with Crippen molar-refractivity contribution in [2.45, 2.75) is 33.7 Å². The Labute approximate surface area is 174 Å². The highest BCUT2D eigenvalue weighted by molar-refractivity contribution is 7.73. The van der Waals surface area contributed by atoms with Gasteiger partial charge in [0, 0.05) is 18.5 Å². The van der Waals surface area contributed by atoms with Crippen LogP contribution in [-0.4, -0.2) is 41.0 Å². The Kier molecular flexibility index (Phi) is 6.67. The number of likely N-dealkylation sites (tertiary alicyclic amines) is 1. The average molecular weight is 419 g/mol. The van der Waals surface area contributed by atoms with E-state index in [-0.39, 0.29) is 19.1 Å². The van der Waals surface area contributed by atoms with Crippen molar-refractivity contribution >= 4 is 35.4 Å². The standard InChI is InChI=1S/C21H26N2O3S2/c1-14-4-6-17(7-5-14)18-13-28-21(27)23(18)11-20(25)26-12-19(24)22-9-15(2)8-16(3)10-22/h4-7,13,15-16H,8-12H2,1-3H3/t15-,16-/m1/s1. The summed E-state index contributed by atoms with van der Waals surface area (Å²) in [5, 5.41) is 1.95. The number of ether oxygens (including phenoxy) is 1. The van der Waals surface area contributed by atoms with Gasteiger partial charge in [-0.2, -0.15) is 0 Å². The van der Waals surface area contributed by atoms with Gasteiger partial charge < -0.3 is 14.2 Å². The number of carbonyl (C=O) groups is 2. The van der Waals surface area contributed by atoms with Gasteiger partial charge in [0.1, 0.15) is 6.54 Å². The first-order valence-corrected chi connectivity index (χ1v) is 10.8. The van der Waals surface area contributed by atoms with Crippen LogP contribution in [0.3, 0.4) is 0 Å². The highest BCUT2D eigenvalue weighted by Crippen LogP contribution is 2.25. The second-order valence-electron chi connectivity index (χ2n) is 7.74. The number of esters is 1. The zero-order chi connectivity index (χ0) is 20.3. The molecule has 2 atom stereocenters. The van der Waals surface area contributed by atoms with Crippen molar-refractivity contribution in [1.29, 1.82) is 0 Å². The molecule has 3 rings (SSSR count). The van der Waals surface area contributed by atoms with E-state index in [1.165, 1.54) is 16.9 Å². The minimum Gasteiger partial charge on any atom is -0.454 e. The SMILES string of the molecule is Cc1ccc(-c2csc(=S)n2CC(=O)OCC(=O)N2C[C@H](C)C[C@@H](C)C2)cc1. The third kappa shape index (κ3) is 5.08. The van der Waals surface area contributed by atoms with Crippen LogP contribution in [0.1, 0.15) is 25.8 Å². The molecule has 5 nitrogen and oxygen atoms in total. The molecule has 1 saturated heterocycles. The summed E-state index contributed by atoms with van der Waals surface area (Å²) in [6, 6.07) is 8.07. The second-order valence-corrected chi connectivity index (χ2v) is 9.25. The number of piperidine rings is 1. The number of hydrogen-bond acceptors (Lipinski definition) is 5. The molecule has 1 aliphatic heterocycles. The molecule has 0 spiro atoms. The molecular weight excluding hydrogens is 392 g/mol. The molecule has 0 unspecified atom stereocenters. The molecule has 1 amide bonds. The molecule has 1 aliphatic rings. The first-order chi connectivity index (χ1) is 13.3. The number of carbonyl (C=O) groups excluding carboxylic acids is 2. The maximum atomic E-state index is 12.4. The van der Waals surface area contributed by atoms with Gasteiger partial charge in [-0.1, -0.05) is 43.7 Å². The number of nitrogens with zero attached hydrogens (tertiary/aromatic N) is 2. The minimum absolute atomic E-state index is 0.00558. The fraction of sp³-hybridized carbons (Fsp3) is 0.476. The van der Waals surface area contributed by atoms with Gasteiger partial charge in [0.25, 0.3) is 5.91 Å². The molecule has 150 valence electrons. The van der Waals surface area contributed by atoms with Gasteiger partial charge in [0.2, 0.25) is 0 Å². The molecule has 0 radical (unpaired) electrons. The molecule has 0 aliphatic carbocycles. The fourth-order valence-electron chi connectivity index (χ4n) is 3.70. The van der Waals surface area contributed by atoms with Crippen LogP contribution in [0.2, 0.25) is 0 Å². The van der Waals surface area contributed by atoms with Gasteiger partial charge in [-0.25, -0.2) is 0 Å². The second kappa shape index (κ2) is 9.01. The Hall–Kier alpha value is -1.99. The predicted molar refractivity (Wildman–Crippen MR) is 114 cm³/mol. The zero-order valence-corrected chi connectivity index (χ0v) is 18.1. The van der Waals surface area contributed by atoms with Crippen molar-refractivity contribution < 1.29 is 14.3 Å². The van der Waals surface area contributed by atoms with Crippen LogP contribution in [-0.2, 0) is 20.9 Å². The number of hydrogen-bond donors (Lipinski definition) is 0. The third-order valence-corrected chi connectivity index (χ3v) is 6.27. The van der Waals surface area contributed by atoms with Crippen LogP contribution in [0.4, 0.5) is 0 Å². The van der Waals surface area contributed by atoms with Gasteiger partial charge in [-0.15, -0.1) is 11.3 Å². The Balaban J connectivity index is 1.61. The maximum Gasteiger partial charge on any atom is 0.326 e. The average Bonchev–Trinajstić information content (AvgIpc) is 3.00. The van der Waals surface area contributed by atoms with Crippen molar-refractivity contribution in [3.63, 3.8) is 0 Å².